The molecule has 82 valence electrons. The molecule has 0 spiro atoms. The van der Waals surface area contributed by atoms with Crippen molar-refractivity contribution in [2.75, 3.05) is 5.32 Å². The summed E-state index contributed by atoms with van der Waals surface area (Å²) in [5.74, 6) is 0. The molecular weight excluding hydrogens is 254 g/mol. The normalized spacial score (nSPS) is 11.3. The lowest BCUT2D eigenvalue weighted by molar-refractivity contribution is -0.137. The SMILES string of the molecule is O=C(Cl)Nc1cc(C(F)(F)F)ccc1Cl. The first-order chi connectivity index (χ1) is 6.80. The van der Waals surface area contributed by atoms with E-state index in [1.54, 1.807) is 0 Å². The van der Waals surface area contributed by atoms with Gasteiger partial charge in [-0.05, 0) is 29.8 Å². The van der Waals surface area contributed by atoms with Gasteiger partial charge in [0.05, 0.1) is 16.3 Å². The predicted molar refractivity (Wildman–Crippen MR) is 51.3 cm³/mol. The van der Waals surface area contributed by atoms with E-state index in [0.717, 1.165) is 12.1 Å². The van der Waals surface area contributed by atoms with Gasteiger partial charge in [0.1, 0.15) is 0 Å². The molecule has 0 aliphatic heterocycles. The molecule has 1 aromatic rings. The lowest BCUT2D eigenvalue weighted by Gasteiger charge is -2.09. The third-order valence-corrected chi connectivity index (χ3v) is 1.95. The minimum atomic E-state index is -4.49. The van der Waals surface area contributed by atoms with E-state index in [2.05, 4.69) is 0 Å². The fourth-order valence-corrected chi connectivity index (χ4v) is 1.17. The number of hydrogen-bond donors (Lipinski definition) is 1. The number of carbonyl (C=O) groups is 1. The van der Waals surface area contributed by atoms with Gasteiger partial charge in [-0.25, -0.2) is 0 Å². The molecule has 15 heavy (non-hydrogen) atoms. The molecule has 1 aromatic carbocycles. The van der Waals surface area contributed by atoms with Crippen LogP contribution >= 0.6 is 23.2 Å². The second kappa shape index (κ2) is 4.28. The van der Waals surface area contributed by atoms with Crippen molar-refractivity contribution in [3.8, 4) is 0 Å². The molecule has 1 rings (SSSR count). The smallest absolute Gasteiger partial charge is 0.311 e. The first-order valence-electron chi connectivity index (χ1n) is 3.64. The quantitative estimate of drug-likeness (QED) is 0.595. The van der Waals surface area contributed by atoms with Crippen LogP contribution in [0.2, 0.25) is 5.02 Å². The Bertz CT molecular complexity index is 392. The monoisotopic (exact) mass is 257 g/mol. The summed E-state index contributed by atoms with van der Waals surface area (Å²) in [6.07, 6.45) is -4.49. The van der Waals surface area contributed by atoms with Crippen LogP contribution in [0.1, 0.15) is 5.56 Å². The van der Waals surface area contributed by atoms with Crippen molar-refractivity contribution in [2.24, 2.45) is 0 Å². The van der Waals surface area contributed by atoms with Crippen molar-refractivity contribution < 1.29 is 18.0 Å². The van der Waals surface area contributed by atoms with E-state index in [9.17, 15) is 18.0 Å². The Morgan fingerprint density at radius 3 is 2.40 bits per heavy atom. The van der Waals surface area contributed by atoms with Crippen LogP contribution in [0.5, 0.6) is 0 Å². The van der Waals surface area contributed by atoms with Crippen molar-refractivity contribution in [1.29, 1.82) is 0 Å². The van der Waals surface area contributed by atoms with Crippen LogP contribution in [0.3, 0.4) is 0 Å². The molecule has 0 saturated heterocycles. The molecule has 2 nitrogen and oxygen atoms in total. The maximum Gasteiger partial charge on any atom is 0.416 e. The summed E-state index contributed by atoms with van der Waals surface area (Å²) >= 11 is 10.5. The zero-order valence-corrected chi connectivity index (χ0v) is 8.54. The molecule has 1 amide bonds. The molecule has 0 aliphatic carbocycles. The summed E-state index contributed by atoms with van der Waals surface area (Å²) < 4.78 is 36.7. The van der Waals surface area contributed by atoms with Gasteiger partial charge in [-0.1, -0.05) is 11.6 Å². The van der Waals surface area contributed by atoms with Gasteiger partial charge in [0, 0.05) is 0 Å². The van der Waals surface area contributed by atoms with Gasteiger partial charge in [0.15, 0.2) is 0 Å². The van der Waals surface area contributed by atoms with E-state index < -0.39 is 17.1 Å². The van der Waals surface area contributed by atoms with Crippen molar-refractivity contribution >= 4 is 34.3 Å². The molecule has 1 N–H and O–H groups in total. The summed E-state index contributed by atoms with van der Waals surface area (Å²) in [6.45, 7) is 0. The molecular formula is C8H4Cl2F3NO. The molecule has 0 heterocycles. The Morgan fingerprint density at radius 1 is 1.33 bits per heavy atom. The summed E-state index contributed by atoms with van der Waals surface area (Å²) in [5, 5.41) is 0.960. The van der Waals surface area contributed by atoms with Crippen LogP contribution in [0.25, 0.3) is 0 Å². The number of nitrogens with one attached hydrogen (secondary N) is 1. The van der Waals surface area contributed by atoms with Crippen LogP contribution in [0.15, 0.2) is 18.2 Å². The second-order valence-corrected chi connectivity index (χ2v) is 3.34. The molecule has 7 heteroatoms. The Morgan fingerprint density at radius 2 is 1.93 bits per heavy atom. The minimum absolute atomic E-state index is 0.0167. The van der Waals surface area contributed by atoms with Gasteiger partial charge in [0.25, 0.3) is 0 Å². The topological polar surface area (TPSA) is 29.1 Å². The number of rotatable bonds is 1. The van der Waals surface area contributed by atoms with Gasteiger partial charge in [-0.2, -0.15) is 13.2 Å². The average Bonchev–Trinajstić information content (AvgIpc) is 2.06. The number of amides is 1. The number of benzene rings is 1. The molecule has 0 radical (unpaired) electrons. The zero-order valence-electron chi connectivity index (χ0n) is 7.03. The van der Waals surface area contributed by atoms with Crippen LogP contribution < -0.4 is 5.32 Å². The highest BCUT2D eigenvalue weighted by atomic mass is 35.5. The van der Waals surface area contributed by atoms with Crippen LogP contribution in [-0.4, -0.2) is 5.37 Å². The van der Waals surface area contributed by atoms with Gasteiger partial charge in [-0.15, -0.1) is 0 Å². The fourth-order valence-electron chi connectivity index (χ4n) is 0.903. The molecule has 0 saturated carbocycles. The maximum atomic E-state index is 12.2. The third kappa shape index (κ3) is 3.28. The highest BCUT2D eigenvalue weighted by Crippen LogP contribution is 2.33. The summed E-state index contributed by atoms with van der Waals surface area (Å²) in [7, 11) is 0. The minimum Gasteiger partial charge on any atom is -0.311 e. The summed E-state index contributed by atoms with van der Waals surface area (Å²) in [4.78, 5) is 10.4. The van der Waals surface area contributed by atoms with E-state index in [1.165, 1.54) is 0 Å². The maximum absolute atomic E-state index is 12.2. The lowest BCUT2D eigenvalue weighted by Crippen LogP contribution is -2.07. The fraction of sp³-hybridized carbons (Fsp3) is 0.125. The number of halogens is 5. The van der Waals surface area contributed by atoms with Crippen LogP contribution in [0.4, 0.5) is 23.7 Å². The zero-order chi connectivity index (χ0) is 11.6. The summed E-state index contributed by atoms with van der Waals surface area (Å²) in [6, 6.07) is 2.56. The number of anilines is 1. The predicted octanol–water partition coefficient (Wildman–Crippen LogP) is 4.13. The van der Waals surface area contributed by atoms with Crippen LogP contribution in [-0.2, 0) is 6.18 Å². The number of carbonyl (C=O) groups excluding carboxylic acids is 1. The molecule has 0 fully saturated rings. The standard InChI is InChI=1S/C8H4Cl2F3NO/c9-5-2-1-4(8(11,12)13)3-6(5)14-7(10)15/h1-3H,(H,14,15). The Labute approximate surface area is 93.0 Å². The third-order valence-electron chi connectivity index (χ3n) is 1.53. The number of alkyl halides is 3. The van der Waals surface area contributed by atoms with E-state index in [0.29, 0.717) is 6.07 Å². The Kier molecular flexibility index (Phi) is 3.46. The number of hydrogen-bond acceptors (Lipinski definition) is 1. The first-order valence-corrected chi connectivity index (χ1v) is 4.39. The highest BCUT2D eigenvalue weighted by Gasteiger charge is 2.31. The molecule has 0 bridgehead atoms. The van der Waals surface area contributed by atoms with Crippen LogP contribution in [0, 0.1) is 0 Å². The average molecular weight is 258 g/mol. The first kappa shape index (κ1) is 12.1. The molecule has 0 unspecified atom stereocenters. The van der Waals surface area contributed by atoms with Gasteiger partial charge in [0.2, 0.25) is 0 Å². The molecule has 0 aliphatic rings. The van der Waals surface area contributed by atoms with E-state index in [4.69, 9.17) is 23.2 Å². The lowest BCUT2D eigenvalue weighted by atomic mass is 10.2. The van der Waals surface area contributed by atoms with Crippen molar-refractivity contribution in [3.63, 3.8) is 0 Å². The Balaban J connectivity index is 3.11. The van der Waals surface area contributed by atoms with E-state index in [1.807, 2.05) is 5.32 Å². The van der Waals surface area contributed by atoms with Crippen molar-refractivity contribution in [3.05, 3.63) is 28.8 Å². The van der Waals surface area contributed by atoms with Gasteiger partial charge < -0.3 is 5.32 Å². The van der Waals surface area contributed by atoms with Gasteiger partial charge in [-0.3, -0.25) is 4.79 Å². The van der Waals surface area contributed by atoms with Gasteiger partial charge >= 0.3 is 11.5 Å². The summed E-state index contributed by atoms with van der Waals surface area (Å²) in [5.41, 5.74) is -1.08. The molecule has 0 atom stereocenters. The van der Waals surface area contributed by atoms with E-state index in [-0.39, 0.29) is 10.7 Å². The highest BCUT2D eigenvalue weighted by molar-refractivity contribution is 6.66. The largest absolute Gasteiger partial charge is 0.416 e. The van der Waals surface area contributed by atoms with Crippen molar-refractivity contribution in [2.45, 2.75) is 6.18 Å². The van der Waals surface area contributed by atoms with Crippen molar-refractivity contribution in [1.82, 2.24) is 0 Å². The Hall–Kier alpha value is -0.940. The van der Waals surface area contributed by atoms with E-state index >= 15 is 0 Å². The molecule has 0 aromatic heterocycles. The second-order valence-electron chi connectivity index (χ2n) is 2.59.